The predicted molar refractivity (Wildman–Crippen MR) is 104 cm³/mol. The number of rotatable bonds is 6. The minimum Gasteiger partial charge on any atom is -0.465 e. The highest BCUT2D eigenvalue weighted by Gasteiger charge is 2.16. The maximum absolute atomic E-state index is 11.8. The van der Waals surface area contributed by atoms with E-state index in [1.807, 2.05) is 25.1 Å². The van der Waals surface area contributed by atoms with Gasteiger partial charge in [0.2, 0.25) is 0 Å². The molecule has 1 unspecified atom stereocenters. The fourth-order valence-electron chi connectivity index (χ4n) is 2.33. The van der Waals surface area contributed by atoms with Gasteiger partial charge < -0.3 is 15.4 Å². The molecule has 0 aliphatic heterocycles. The van der Waals surface area contributed by atoms with Crippen molar-refractivity contribution < 1.29 is 9.53 Å². The van der Waals surface area contributed by atoms with Crippen LogP contribution in [0.1, 0.15) is 34.1 Å². The van der Waals surface area contributed by atoms with Crippen molar-refractivity contribution >= 4 is 39.6 Å². The van der Waals surface area contributed by atoms with E-state index in [-0.39, 0.29) is 12.0 Å². The minimum atomic E-state index is -0.359. The summed E-state index contributed by atoms with van der Waals surface area (Å²) in [4.78, 5) is 12.8. The van der Waals surface area contributed by atoms with Gasteiger partial charge >= 0.3 is 5.97 Å². The van der Waals surface area contributed by atoms with Gasteiger partial charge in [-0.25, -0.2) is 4.79 Å². The number of methoxy groups -OCH3 is 1. The van der Waals surface area contributed by atoms with E-state index in [9.17, 15) is 4.79 Å². The maximum Gasteiger partial charge on any atom is 0.340 e. The van der Waals surface area contributed by atoms with Gasteiger partial charge in [0.25, 0.3) is 0 Å². The van der Waals surface area contributed by atoms with Crippen molar-refractivity contribution in [3.8, 4) is 0 Å². The molecule has 0 bridgehead atoms. The molecule has 0 spiro atoms. The van der Waals surface area contributed by atoms with Crippen molar-refractivity contribution in [1.82, 2.24) is 5.32 Å². The number of thiophene rings is 1. The lowest BCUT2D eigenvalue weighted by Gasteiger charge is -2.17. The standard InChI is InChI=1S/C18H22N2O2S2/c1-12(9-10-14-7-5-4-6-8-14)19-18(23)20-16-15(17(21)22-3)11-13(2)24-16/h4-8,11-12H,9-10H2,1-3H3,(H2,19,20,23). The Bertz CT molecular complexity index is 698. The zero-order valence-electron chi connectivity index (χ0n) is 14.1. The topological polar surface area (TPSA) is 50.4 Å². The van der Waals surface area contributed by atoms with Crippen LogP contribution in [0.3, 0.4) is 0 Å². The molecule has 0 aliphatic carbocycles. The Labute approximate surface area is 152 Å². The fraction of sp³-hybridized carbons (Fsp3) is 0.333. The van der Waals surface area contributed by atoms with E-state index in [1.165, 1.54) is 24.0 Å². The predicted octanol–water partition coefficient (Wildman–Crippen LogP) is 4.15. The highest BCUT2D eigenvalue weighted by molar-refractivity contribution is 7.80. The van der Waals surface area contributed by atoms with E-state index in [0.29, 0.717) is 15.7 Å². The van der Waals surface area contributed by atoms with E-state index < -0.39 is 0 Å². The van der Waals surface area contributed by atoms with E-state index in [0.717, 1.165) is 17.7 Å². The second kappa shape index (κ2) is 8.80. The van der Waals surface area contributed by atoms with E-state index in [1.54, 1.807) is 6.07 Å². The number of hydrogen-bond donors (Lipinski definition) is 2. The number of esters is 1. The monoisotopic (exact) mass is 362 g/mol. The number of carbonyl (C=O) groups is 1. The first-order chi connectivity index (χ1) is 11.5. The number of ether oxygens (including phenoxy) is 1. The average molecular weight is 363 g/mol. The van der Waals surface area contributed by atoms with Crippen LogP contribution >= 0.6 is 23.6 Å². The van der Waals surface area contributed by atoms with E-state index >= 15 is 0 Å². The van der Waals surface area contributed by atoms with Crippen molar-refractivity contribution in [3.05, 3.63) is 52.4 Å². The van der Waals surface area contributed by atoms with Crippen LogP contribution in [0.4, 0.5) is 5.00 Å². The number of benzene rings is 1. The molecule has 0 saturated heterocycles. The first-order valence-electron chi connectivity index (χ1n) is 7.79. The zero-order chi connectivity index (χ0) is 17.5. The largest absolute Gasteiger partial charge is 0.465 e. The summed E-state index contributed by atoms with van der Waals surface area (Å²) in [6.45, 7) is 4.04. The Balaban J connectivity index is 1.88. The molecule has 6 heteroatoms. The van der Waals surface area contributed by atoms with Gasteiger partial charge in [-0.2, -0.15) is 0 Å². The molecule has 0 aliphatic rings. The Morgan fingerprint density at radius 3 is 2.71 bits per heavy atom. The molecule has 2 aromatic rings. The fourth-order valence-corrected chi connectivity index (χ4v) is 3.60. The van der Waals surface area contributed by atoms with Crippen molar-refractivity contribution in [2.24, 2.45) is 0 Å². The Hall–Kier alpha value is -1.92. The molecular weight excluding hydrogens is 340 g/mol. The van der Waals surface area contributed by atoms with Gasteiger partial charge in [-0.3, -0.25) is 0 Å². The van der Waals surface area contributed by atoms with Crippen LogP contribution in [-0.2, 0) is 11.2 Å². The highest BCUT2D eigenvalue weighted by atomic mass is 32.1. The normalized spacial score (nSPS) is 11.6. The number of aryl methyl sites for hydroxylation is 2. The molecule has 0 saturated carbocycles. The highest BCUT2D eigenvalue weighted by Crippen LogP contribution is 2.28. The van der Waals surface area contributed by atoms with Gasteiger partial charge in [-0.1, -0.05) is 30.3 Å². The molecule has 24 heavy (non-hydrogen) atoms. The molecule has 4 nitrogen and oxygen atoms in total. The summed E-state index contributed by atoms with van der Waals surface area (Å²) < 4.78 is 4.80. The number of hydrogen-bond acceptors (Lipinski definition) is 4. The molecule has 1 atom stereocenters. The van der Waals surface area contributed by atoms with E-state index in [2.05, 4.69) is 29.7 Å². The molecule has 2 N–H and O–H groups in total. The molecule has 1 aromatic carbocycles. The molecule has 0 radical (unpaired) electrons. The summed E-state index contributed by atoms with van der Waals surface area (Å²) in [5, 5.41) is 7.61. The lowest BCUT2D eigenvalue weighted by molar-refractivity contribution is 0.0602. The van der Waals surface area contributed by atoms with Gasteiger partial charge in [-0.05, 0) is 50.5 Å². The molecule has 1 heterocycles. The van der Waals surface area contributed by atoms with Gasteiger partial charge in [0, 0.05) is 10.9 Å². The Kier molecular flexibility index (Phi) is 6.75. The molecule has 1 aromatic heterocycles. The molecule has 2 rings (SSSR count). The third-order valence-electron chi connectivity index (χ3n) is 3.57. The van der Waals surface area contributed by atoms with Crippen molar-refractivity contribution in [2.75, 3.05) is 12.4 Å². The first kappa shape index (κ1) is 18.4. The maximum atomic E-state index is 11.8. The van der Waals surface area contributed by atoms with E-state index in [4.69, 9.17) is 17.0 Å². The SMILES string of the molecule is COC(=O)c1cc(C)sc1NC(=S)NC(C)CCc1ccccc1. The average Bonchev–Trinajstić information content (AvgIpc) is 2.93. The van der Waals surface area contributed by atoms with Crippen LogP contribution in [0.15, 0.2) is 36.4 Å². The Morgan fingerprint density at radius 2 is 2.04 bits per heavy atom. The summed E-state index contributed by atoms with van der Waals surface area (Å²) in [7, 11) is 1.38. The van der Waals surface area contributed by atoms with Crippen LogP contribution in [0, 0.1) is 6.92 Å². The molecule has 128 valence electrons. The van der Waals surface area contributed by atoms with Crippen molar-refractivity contribution in [3.63, 3.8) is 0 Å². The van der Waals surface area contributed by atoms with Crippen LogP contribution in [0.25, 0.3) is 0 Å². The molecule has 0 amide bonds. The second-order valence-corrected chi connectivity index (χ2v) is 7.28. The summed E-state index contributed by atoms with van der Waals surface area (Å²) in [6.07, 6.45) is 1.96. The Morgan fingerprint density at radius 1 is 1.33 bits per heavy atom. The van der Waals surface area contributed by atoms with Crippen LogP contribution < -0.4 is 10.6 Å². The summed E-state index contributed by atoms with van der Waals surface area (Å²) >= 11 is 6.85. The third kappa shape index (κ3) is 5.32. The van der Waals surface area contributed by atoms with Gasteiger partial charge in [-0.15, -0.1) is 11.3 Å². The quantitative estimate of drug-likeness (QED) is 0.597. The number of anilines is 1. The number of thiocarbonyl (C=S) groups is 1. The molecular formula is C18H22N2O2S2. The van der Waals surface area contributed by atoms with Gasteiger partial charge in [0.1, 0.15) is 5.00 Å². The van der Waals surface area contributed by atoms with Crippen LogP contribution in [-0.4, -0.2) is 24.2 Å². The minimum absolute atomic E-state index is 0.229. The zero-order valence-corrected chi connectivity index (χ0v) is 15.7. The summed E-state index contributed by atoms with van der Waals surface area (Å²) in [6, 6.07) is 12.4. The summed E-state index contributed by atoms with van der Waals surface area (Å²) in [5.74, 6) is -0.359. The van der Waals surface area contributed by atoms with Crippen molar-refractivity contribution in [1.29, 1.82) is 0 Å². The smallest absolute Gasteiger partial charge is 0.340 e. The van der Waals surface area contributed by atoms with Gasteiger partial charge in [0.15, 0.2) is 5.11 Å². The summed E-state index contributed by atoms with van der Waals surface area (Å²) in [5.41, 5.74) is 1.83. The lowest BCUT2D eigenvalue weighted by atomic mass is 10.1. The third-order valence-corrected chi connectivity index (χ3v) is 4.76. The molecule has 0 fully saturated rings. The lowest BCUT2D eigenvalue weighted by Crippen LogP contribution is -2.36. The first-order valence-corrected chi connectivity index (χ1v) is 9.02. The number of nitrogens with one attached hydrogen (secondary N) is 2. The second-order valence-electron chi connectivity index (χ2n) is 5.62. The van der Waals surface area contributed by atoms with Gasteiger partial charge in [0.05, 0.1) is 12.7 Å². The van der Waals surface area contributed by atoms with Crippen LogP contribution in [0.5, 0.6) is 0 Å². The van der Waals surface area contributed by atoms with Crippen LogP contribution in [0.2, 0.25) is 0 Å². The number of carbonyl (C=O) groups excluding carboxylic acids is 1. The van der Waals surface area contributed by atoms with Crippen molar-refractivity contribution in [2.45, 2.75) is 32.7 Å².